The Labute approximate surface area is 196 Å². The summed E-state index contributed by atoms with van der Waals surface area (Å²) in [5, 5.41) is 17.0. The fourth-order valence-electron chi connectivity index (χ4n) is 2.91. The number of thioether (sulfide) groups is 1. The SMILES string of the molecule is CSCCC(NC(=O)C(CCC(N)=O)NC(=O)CN)C(=O)NC(Cc1ccccc1)C(=O)O. The van der Waals surface area contributed by atoms with E-state index in [1.165, 1.54) is 11.8 Å². The van der Waals surface area contributed by atoms with E-state index in [2.05, 4.69) is 16.0 Å². The summed E-state index contributed by atoms with van der Waals surface area (Å²) in [6.45, 7) is -0.365. The standard InChI is InChI=1S/C21H31N5O6S/c1-33-10-9-15(25-19(29)14(7-8-17(23)27)24-18(28)12-22)20(30)26-16(21(31)32)11-13-5-3-2-4-6-13/h2-6,14-16H,7-12,22H2,1H3,(H2,23,27)(H,24,28)(H,25,29)(H,26,30)(H,31,32). The molecule has 1 aromatic carbocycles. The molecule has 8 N–H and O–H groups in total. The monoisotopic (exact) mass is 481 g/mol. The molecule has 11 nitrogen and oxygen atoms in total. The maximum Gasteiger partial charge on any atom is 0.326 e. The van der Waals surface area contributed by atoms with Crippen LogP contribution in [0.3, 0.4) is 0 Å². The Morgan fingerprint density at radius 3 is 2.03 bits per heavy atom. The zero-order valence-corrected chi connectivity index (χ0v) is 19.2. The van der Waals surface area contributed by atoms with Crippen LogP contribution in [-0.4, -0.2) is 71.4 Å². The van der Waals surface area contributed by atoms with Gasteiger partial charge in [0.25, 0.3) is 0 Å². The van der Waals surface area contributed by atoms with Crippen molar-refractivity contribution in [1.82, 2.24) is 16.0 Å². The number of rotatable bonds is 15. The van der Waals surface area contributed by atoms with Gasteiger partial charge in [-0.1, -0.05) is 30.3 Å². The van der Waals surface area contributed by atoms with Gasteiger partial charge in [0.05, 0.1) is 6.54 Å². The van der Waals surface area contributed by atoms with E-state index in [0.29, 0.717) is 5.75 Å². The Kier molecular flexibility index (Phi) is 12.6. The largest absolute Gasteiger partial charge is 0.480 e. The third-order valence-corrected chi connectivity index (χ3v) is 5.30. The van der Waals surface area contributed by atoms with Gasteiger partial charge >= 0.3 is 5.97 Å². The van der Waals surface area contributed by atoms with Gasteiger partial charge < -0.3 is 32.5 Å². The summed E-state index contributed by atoms with van der Waals surface area (Å²) in [5.74, 6) is -3.34. The Bertz CT molecular complexity index is 823. The molecule has 12 heteroatoms. The van der Waals surface area contributed by atoms with Crippen molar-refractivity contribution in [2.24, 2.45) is 11.5 Å². The molecule has 4 amide bonds. The molecule has 0 aliphatic heterocycles. The van der Waals surface area contributed by atoms with Gasteiger partial charge in [-0.25, -0.2) is 4.79 Å². The van der Waals surface area contributed by atoms with Crippen LogP contribution in [0.1, 0.15) is 24.8 Å². The number of nitrogens with one attached hydrogen (secondary N) is 3. The third-order valence-electron chi connectivity index (χ3n) is 4.66. The third kappa shape index (κ3) is 10.8. The number of carbonyl (C=O) groups excluding carboxylic acids is 4. The number of hydrogen-bond donors (Lipinski definition) is 6. The van der Waals surface area contributed by atoms with Gasteiger partial charge in [-0.2, -0.15) is 11.8 Å². The van der Waals surface area contributed by atoms with Crippen LogP contribution in [0, 0.1) is 0 Å². The summed E-state index contributed by atoms with van der Waals surface area (Å²) in [4.78, 5) is 60.1. The predicted molar refractivity (Wildman–Crippen MR) is 124 cm³/mol. The van der Waals surface area contributed by atoms with E-state index in [-0.39, 0.29) is 32.2 Å². The lowest BCUT2D eigenvalue weighted by molar-refractivity contribution is -0.142. The van der Waals surface area contributed by atoms with E-state index >= 15 is 0 Å². The van der Waals surface area contributed by atoms with Crippen LogP contribution in [0.4, 0.5) is 0 Å². The molecule has 0 bridgehead atoms. The highest BCUT2D eigenvalue weighted by Crippen LogP contribution is 2.07. The molecule has 1 aromatic rings. The lowest BCUT2D eigenvalue weighted by Crippen LogP contribution is -2.56. The molecular weight excluding hydrogens is 450 g/mol. The average molecular weight is 482 g/mol. The highest BCUT2D eigenvalue weighted by Gasteiger charge is 2.29. The van der Waals surface area contributed by atoms with Crippen molar-refractivity contribution in [3.63, 3.8) is 0 Å². The number of primary amides is 1. The summed E-state index contributed by atoms with van der Waals surface area (Å²) in [5.41, 5.74) is 11.1. The first-order valence-electron chi connectivity index (χ1n) is 10.3. The first-order chi connectivity index (χ1) is 15.7. The van der Waals surface area contributed by atoms with Gasteiger partial charge in [0.2, 0.25) is 23.6 Å². The normalized spacial score (nSPS) is 13.3. The average Bonchev–Trinajstić information content (AvgIpc) is 2.78. The van der Waals surface area contributed by atoms with Gasteiger partial charge in [0.1, 0.15) is 18.1 Å². The van der Waals surface area contributed by atoms with Crippen LogP contribution < -0.4 is 27.4 Å². The molecule has 182 valence electrons. The van der Waals surface area contributed by atoms with Crippen molar-refractivity contribution in [2.75, 3.05) is 18.6 Å². The molecule has 0 heterocycles. The van der Waals surface area contributed by atoms with E-state index in [1.54, 1.807) is 30.3 Å². The first-order valence-corrected chi connectivity index (χ1v) is 11.7. The van der Waals surface area contributed by atoms with Crippen LogP contribution in [-0.2, 0) is 30.4 Å². The lowest BCUT2D eigenvalue weighted by Gasteiger charge is -2.24. The van der Waals surface area contributed by atoms with Crippen LogP contribution >= 0.6 is 11.8 Å². The minimum atomic E-state index is -1.21. The Hall–Kier alpha value is -3.12. The second-order valence-electron chi connectivity index (χ2n) is 7.26. The zero-order valence-electron chi connectivity index (χ0n) is 18.4. The predicted octanol–water partition coefficient (Wildman–Crippen LogP) is -1.25. The Morgan fingerprint density at radius 2 is 1.52 bits per heavy atom. The number of aliphatic carboxylic acids is 1. The fraction of sp³-hybridized carbons (Fsp3) is 0.476. The molecule has 0 saturated heterocycles. The summed E-state index contributed by atoms with van der Waals surface area (Å²) >= 11 is 1.44. The maximum atomic E-state index is 12.9. The molecule has 0 fully saturated rings. The fourth-order valence-corrected chi connectivity index (χ4v) is 3.38. The van der Waals surface area contributed by atoms with E-state index < -0.39 is 47.7 Å². The van der Waals surface area contributed by atoms with Crippen LogP contribution in [0.5, 0.6) is 0 Å². The van der Waals surface area contributed by atoms with Crippen molar-refractivity contribution in [1.29, 1.82) is 0 Å². The quantitative estimate of drug-likeness (QED) is 0.179. The Balaban J connectivity index is 2.94. The number of carboxylic acid groups (broad SMARTS) is 1. The van der Waals surface area contributed by atoms with Gasteiger partial charge in [-0.15, -0.1) is 0 Å². The van der Waals surface area contributed by atoms with Crippen LogP contribution in [0.15, 0.2) is 30.3 Å². The van der Waals surface area contributed by atoms with Crippen LogP contribution in [0.2, 0.25) is 0 Å². The molecule has 33 heavy (non-hydrogen) atoms. The highest BCUT2D eigenvalue weighted by molar-refractivity contribution is 7.98. The van der Waals surface area contributed by atoms with E-state index in [4.69, 9.17) is 11.5 Å². The van der Waals surface area contributed by atoms with Gasteiger partial charge in [0, 0.05) is 12.8 Å². The molecule has 0 spiro atoms. The second-order valence-corrected chi connectivity index (χ2v) is 8.25. The molecule has 1 rings (SSSR count). The highest BCUT2D eigenvalue weighted by atomic mass is 32.2. The van der Waals surface area contributed by atoms with E-state index in [9.17, 15) is 29.1 Å². The molecule has 3 unspecified atom stereocenters. The minimum Gasteiger partial charge on any atom is -0.480 e. The van der Waals surface area contributed by atoms with Crippen LogP contribution in [0.25, 0.3) is 0 Å². The van der Waals surface area contributed by atoms with Crippen molar-refractivity contribution < 1.29 is 29.1 Å². The van der Waals surface area contributed by atoms with Crippen molar-refractivity contribution in [3.8, 4) is 0 Å². The minimum absolute atomic E-state index is 0.0684. The van der Waals surface area contributed by atoms with E-state index in [1.807, 2.05) is 6.26 Å². The number of nitrogens with two attached hydrogens (primary N) is 2. The molecule has 3 atom stereocenters. The van der Waals surface area contributed by atoms with Gasteiger partial charge in [-0.05, 0) is 30.4 Å². The van der Waals surface area contributed by atoms with E-state index in [0.717, 1.165) is 5.56 Å². The van der Waals surface area contributed by atoms with Crippen molar-refractivity contribution in [3.05, 3.63) is 35.9 Å². The molecule has 0 saturated carbocycles. The molecule has 0 aliphatic rings. The van der Waals surface area contributed by atoms with Crippen molar-refractivity contribution in [2.45, 2.75) is 43.8 Å². The summed E-state index contributed by atoms with van der Waals surface area (Å²) < 4.78 is 0. The molecule has 0 aromatic heterocycles. The first kappa shape index (κ1) is 27.9. The zero-order chi connectivity index (χ0) is 24.8. The lowest BCUT2D eigenvalue weighted by atomic mass is 10.0. The topological polar surface area (TPSA) is 194 Å². The summed E-state index contributed by atoms with van der Waals surface area (Å²) in [6, 6.07) is 5.45. The number of amides is 4. The summed E-state index contributed by atoms with van der Waals surface area (Å²) in [7, 11) is 0. The number of benzene rings is 1. The summed E-state index contributed by atoms with van der Waals surface area (Å²) in [6.07, 6.45) is 1.88. The second kappa shape index (κ2) is 14.9. The van der Waals surface area contributed by atoms with Gasteiger partial charge in [-0.3, -0.25) is 19.2 Å². The number of carbonyl (C=O) groups is 5. The number of carboxylic acids is 1. The Morgan fingerprint density at radius 1 is 0.939 bits per heavy atom. The molecule has 0 radical (unpaired) electrons. The van der Waals surface area contributed by atoms with Crippen molar-refractivity contribution >= 4 is 41.4 Å². The maximum absolute atomic E-state index is 12.9. The number of hydrogen-bond acceptors (Lipinski definition) is 7. The molecular formula is C21H31N5O6S. The smallest absolute Gasteiger partial charge is 0.326 e. The molecule has 0 aliphatic carbocycles. The van der Waals surface area contributed by atoms with Gasteiger partial charge in [0.15, 0.2) is 0 Å².